The van der Waals surface area contributed by atoms with E-state index in [0.29, 0.717) is 0 Å². The van der Waals surface area contributed by atoms with Crippen LogP contribution in [0.3, 0.4) is 0 Å². The molecule has 0 unspecified atom stereocenters. The summed E-state index contributed by atoms with van der Waals surface area (Å²) in [5.74, 6) is 2.70. The quantitative estimate of drug-likeness (QED) is 0.463. The van der Waals surface area contributed by atoms with E-state index in [1.165, 1.54) is 11.1 Å². The molecule has 4 heterocycles. The predicted octanol–water partition coefficient (Wildman–Crippen LogP) is 4.45. The number of imidazole rings is 1. The van der Waals surface area contributed by atoms with E-state index in [2.05, 4.69) is 66.2 Å². The number of nitrogens with one attached hydrogen (secondary N) is 1. The smallest absolute Gasteiger partial charge is 0.157 e. The van der Waals surface area contributed by atoms with Gasteiger partial charge in [-0.1, -0.05) is 12.1 Å². The van der Waals surface area contributed by atoms with Crippen molar-refractivity contribution < 1.29 is 4.74 Å². The molecule has 0 fully saturated rings. The van der Waals surface area contributed by atoms with Gasteiger partial charge in [0.15, 0.2) is 5.65 Å². The van der Waals surface area contributed by atoms with Crippen molar-refractivity contribution in [2.45, 2.75) is 19.9 Å². The molecule has 0 spiro atoms. The zero-order valence-electron chi connectivity index (χ0n) is 18.0. The highest BCUT2D eigenvalue weighted by molar-refractivity contribution is 5.93. The van der Waals surface area contributed by atoms with Crippen LogP contribution in [-0.2, 0) is 13.0 Å². The molecule has 6 rings (SSSR count). The van der Waals surface area contributed by atoms with Gasteiger partial charge in [-0.05, 0) is 60.4 Å². The van der Waals surface area contributed by atoms with Crippen molar-refractivity contribution in [1.29, 1.82) is 0 Å². The summed E-state index contributed by atoms with van der Waals surface area (Å²) in [6.07, 6.45) is 4.51. The number of H-pyrrole nitrogens is 1. The van der Waals surface area contributed by atoms with Gasteiger partial charge in [0.2, 0.25) is 0 Å². The maximum absolute atomic E-state index is 5.43. The maximum Gasteiger partial charge on any atom is 0.157 e. The van der Waals surface area contributed by atoms with Crippen molar-refractivity contribution in [1.82, 2.24) is 24.9 Å². The van der Waals surface area contributed by atoms with Crippen LogP contribution in [0.2, 0.25) is 0 Å². The third-order valence-corrected chi connectivity index (χ3v) is 6.13. The summed E-state index contributed by atoms with van der Waals surface area (Å²) < 4.78 is 5.43. The lowest BCUT2D eigenvalue weighted by Gasteiger charge is -2.30. The SMILES string of the molecule is COc1ccc2c(c1)CN(c1ncnc3ccc(-c4cnc5[nH]c(C)nc5c4)cc13)CC2. The van der Waals surface area contributed by atoms with Crippen LogP contribution in [0.15, 0.2) is 55.0 Å². The molecule has 3 aromatic heterocycles. The number of fused-ring (bicyclic) bond motifs is 3. The number of methoxy groups -OCH3 is 1. The van der Waals surface area contributed by atoms with E-state index in [1.54, 1.807) is 13.4 Å². The molecule has 32 heavy (non-hydrogen) atoms. The van der Waals surface area contributed by atoms with Crippen LogP contribution >= 0.6 is 0 Å². The average Bonchev–Trinajstić information content (AvgIpc) is 3.21. The van der Waals surface area contributed by atoms with E-state index < -0.39 is 0 Å². The van der Waals surface area contributed by atoms with Gasteiger partial charge in [-0.25, -0.2) is 19.9 Å². The Bertz CT molecular complexity index is 1470. The summed E-state index contributed by atoms with van der Waals surface area (Å²) in [6.45, 7) is 3.64. The van der Waals surface area contributed by atoms with Gasteiger partial charge >= 0.3 is 0 Å². The Labute approximate surface area is 185 Å². The number of aryl methyl sites for hydroxylation is 1. The molecule has 0 saturated heterocycles. The monoisotopic (exact) mass is 422 g/mol. The summed E-state index contributed by atoms with van der Waals surface area (Å²) in [4.78, 5) is 23.8. The largest absolute Gasteiger partial charge is 0.497 e. The number of benzene rings is 2. The topological polar surface area (TPSA) is 79.8 Å². The molecule has 1 N–H and O–H groups in total. The number of anilines is 1. The molecule has 0 bridgehead atoms. The second kappa shape index (κ2) is 7.30. The van der Waals surface area contributed by atoms with Gasteiger partial charge in [0.05, 0.1) is 12.6 Å². The third-order valence-electron chi connectivity index (χ3n) is 6.13. The first-order chi connectivity index (χ1) is 15.7. The summed E-state index contributed by atoms with van der Waals surface area (Å²) >= 11 is 0. The number of hydrogen-bond donors (Lipinski definition) is 1. The van der Waals surface area contributed by atoms with Crippen molar-refractivity contribution in [3.8, 4) is 16.9 Å². The lowest BCUT2D eigenvalue weighted by atomic mass is 9.98. The van der Waals surface area contributed by atoms with Crippen molar-refractivity contribution in [3.05, 3.63) is 71.9 Å². The molecule has 7 heteroatoms. The number of hydrogen-bond acceptors (Lipinski definition) is 6. The second-order valence-electron chi connectivity index (χ2n) is 8.15. The van der Waals surface area contributed by atoms with E-state index in [0.717, 1.165) is 70.1 Å². The van der Waals surface area contributed by atoms with Crippen molar-refractivity contribution >= 4 is 27.9 Å². The average molecular weight is 422 g/mol. The molecule has 0 atom stereocenters. The Hall–Kier alpha value is -4.00. The first-order valence-corrected chi connectivity index (χ1v) is 10.7. The van der Waals surface area contributed by atoms with E-state index in [9.17, 15) is 0 Å². The number of aromatic amines is 1. The van der Waals surface area contributed by atoms with Gasteiger partial charge in [0.1, 0.15) is 29.2 Å². The molecule has 0 saturated carbocycles. The molecule has 2 aromatic carbocycles. The first-order valence-electron chi connectivity index (χ1n) is 10.7. The van der Waals surface area contributed by atoms with Crippen molar-refractivity contribution in [2.75, 3.05) is 18.6 Å². The standard InChI is InChI=1S/C25H22N6O/c1-15-29-23-11-18(12-26-24(23)30-15)17-4-6-22-21(10-17)25(28-14-27-22)31-8-7-16-3-5-20(32-2)9-19(16)13-31/h3-6,9-12,14H,7-8,13H2,1-2H3,(H,26,29,30). The summed E-state index contributed by atoms with van der Waals surface area (Å²) in [5, 5.41) is 1.04. The van der Waals surface area contributed by atoms with Crippen LogP contribution in [0.5, 0.6) is 5.75 Å². The van der Waals surface area contributed by atoms with Gasteiger partial charge in [-0.15, -0.1) is 0 Å². The highest BCUT2D eigenvalue weighted by atomic mass is 16.5. The number of ether oxygens (including phenoxy) is 1. The minimum absolute atomic E-state index is 0.795. The molecule has 5 aromatic rings. The van der Waals surface area contributed by atoms with Gasteiger partial charge in [0, 0.05) is 30.2 Å². The molecule has 7 nitrogen and oxygen atoms in total. The normalized spacial score (nSPS) is 13.5. The molecule has 1 aliphatic rings. The predicted molar refractivity (Wildman–Crippen MR) is 125 cm³/mol. The van der Waals surface area contributed by atoms with Crippen LogP contribution < -0.4 is 9.64 Å². The third kappa shape index (κ3) is 3.13. The highest BCUT2D eigenvalue weighted by Crippen LogP contribution is 2.32. The zero-order chi connectivity index (χ0) is 21.7. The molecule has 0 aliphatic carbocycles. The van der Waals surface area contributed by atoms with E-state index in [4.69, 9.17) is 4.74 Å². The van der Waals surface area contributed by atoms with E-state index in [-0.39, 0.29) is 0 Å². The van der Waals surface area contributed by atoms with Gasteiger partial charge in [-0.3, -0.25) is 0 Å². The molecule has 1 aliphatic heterocycles. The summed E-state index contributed by atoms with van der Waals surface area (Å²) in [6, 6.07) is 14.7. The Morgan fingerprint density at radius 1 is 0.938 bits per heavy atom. The lowest BCUT2D eigenvalue weighted by Crippen LogP contribution is -2.31. The van der Waals surface area contributed by atoms with Gasteiger partial charge in [0.25, 0.3) is 0 Å². The second-order valence-corrected chi connectivity index (χ2v) is 8.15. The Morgan fingerprint density at radius 2 is 1.88 bits per heavy atom. The van der Waals surface area contributed by atoms with Crippen LogP contribution in [0, 0.1) is 6.92 Å². The maximum atomic E-state index is 5.43. The first kappa shape index (κ1) is 18.7. The molecule has 158 valence electrons. The Kier molecular flexibility index (Phi) is 4.28. The molecule has 0 radical (unpaired) electrons. The fraction of sp³-hybridized carbons (Fsp3) is 0.200. The van der Waals surface area contributed by atoms with Crippen molar-refractivity contribution in [3.63, 3.8) is 0 Å². The summed E-state index contributed by atoms with van der Waals surface area (Å²) in [5.41, 5.74) is 7.35. The summed E-state index contributed by atoms with van der Waals surface area (Å²) in [7, 11) is 1.71. The highest BCUT2D eigenvalue weighted by Gasteiger charge is 2.20. The van der Waals surface area contributed by atoms with Crippen LogP contribution in [0.1, 0.15) is 17.0 Å². The minimum Gasteiger partial charge on any atom is -0.497 e. The molecular weight excluding hydrogens is 400 g/mol. The van der Waals surface area contributed by atoms with E-state index in [1.807, 2.05) is 19.2 Å². The van der Waals surface area contributed by atoms with Gasteiger partial charge < -0.3 is 14.6 Å². The zero-order valence-corrected chi connectivity index (χ0v) is 18.0. The van der Waals surface area contributed by atoms with Crippen LogP contribution in [-0.4, -0.2) is 38.6 Å². The Balaban J connectivity index is 1.42. The number of rotatable bonds is 3. The van der Waals surface area contributed by atoms with Crippen LogP contribution in [0.25, 0.3) is 33.2 Å². The lowest BCUT2D eigenvalue weighted by molar-refractivity contribution is 0.413. The molecule has 0 amide bonds. The number of aromatic nitrogens is 5. The fourth-order valence-electron chi connectivity index (χ4n) is 4.49. The van der Waals surface area contributed by atoms with Gasteiger partial charge in [-0.2, -0.15) is 0 Å². The number of nitrogens with zero attached hydrogens (tertiary/aromatic N) is 5. The van der Waals surface area contributed by atoms with Crippen molar-refractivity contribution in [2.24, 2.45) is 0 Å². The van der Waals surface area contributed by atoms with Crippen LogP contribution in [0.4, 0.5) is 5.82 Å². The Morgan fingerprint density at radius 3 is 2.78 bits per heavy atom. The minimum atomic E-state index is 0.795. The fourth-order valence-corrected chi connectivity index (χ4v) is 4.49. The van der Waals surface area contributed by atoms with E-state index >= 15 is 0 Å². The number of pyridine rings is 1. The molecular formula is C25H22N6O.